The molecule has 0 saturated heterocycles. The topological polar surface area (TPSA) is 63.3 Å². The van der Waals surface area contributed by atoms with E-state index >= 15 is 0 Å². The van der Waals surface area contributed by atoms with Gasteiger partial charge < -0.3 is 9.63 Å². The zero-order valence-electron chi connectivity index (χ0n) is 9.84. The van der Waals surface area contributed by atoms with Crippen molar-refractivity contribution in [3.8, 4) is 11.3 Å². The molecule has 4 nitrogen and oxygen atoms in total. The molecule has 0 aliphatic carbocycles. The molecule has 0 bridgehead atoms. The fourth-order valence-corrected chi connectivity index (χ4v) is 3.26. The second-order valence-electron chi connectivity index (χ2n) is 3.42. The molecule has 0 spiro atoms. The Hall–Kier alpha value is -1.40. The summed E-state index contributed by atoms with van der Waals surface area (Å²) in [5.74, 6) is -1.26. The van der Waals surface area contributed by atoms with Gasteiger partial charge in [-0.1, -0.05) is 17.3 Å². The van der Waals surface area contributed by atoms with E-state index in [0.717, 1.165) is 15.4 Å². The number of nitrogens with zero attached hydrogens (tertiary/aromatic N) is 1. The molecule has 2 rings (SSSR count). The molecule has 0 radical (unpaired) electrons. The number of aromatic carboxylic acids is 1. The highest BCUT2D eigenvalue weighted by Gasteiger charge is 2.16. The van der Waals surface area contributed by atoms with Crippen molar-refractivity contribution in [1.29, 1.82) is 0 Å². The number of hydrogen-bond donors (Lipinski definition) is 1. The van der Waals surface area contributed by atoms with Crippen LogP contribution >= 0.6 is 23.5 Å². The highest BCUT2D eigenvalue weighted by atomic mass is 32.2. The van der Waals surface area contributed by atoms with Crippen LogP contribution in [-0.2, 0) is 0 Å². The van der Waals surface area contributed by atoms with E-state index in [0.29, 0.717) is 5.69 Å². The fourth-order valence-electron chi connectivity index (χ4n) is 1.59. The van der Waals surface area contributed by atoms with Crippen LogP contribution in [0.1, 0.15) is 10.6 Å². The van der Waals surface area contributed by atoms with Crippen LogP contribution < -0.4 is 0 Å². The minimum atomic E-state index is -1.11. The fraction of sp³-hybridized carbons (Fsp3) is 0.167. The van der Waals surface area contributed by atoms with Gasteiger partial charge in [0.25, 0.3) is 0 Å². The van der Waals surface area contributed by atoms with Gasteiger partial charge in [0, 0.05) is 21.4 Å². The van der Waals surface area contributed by atoms with Crippen LogP contribution in [0.3, 0.4) is 0 Å². The molecular weight excluding hydrogens is 270 g/mol. The maximum absolute atomic E-state index is 10.8. The smallest absolute Gasteiger partial charge is 0.374 e. The Bertz CT molecular complexity index is 580. The Morgan fingerprint density at radius 1 is 1.33 bits per heavy atom. The Morgan fingerprint density at radius 3 is 2.67 bits per heavy atom. The number of rotatable bonds is 4. The van der Waals surface area contributed by atoms with E-state index in [2.05, 4.69) is 5.16 Å². The average Bonchev–Trinajstić information content (AvgIpc) is 2.87. The molecule has 18 heavy (non-hydrogen) atoms. The molecule has 0 amide bonds. The highest BCUT2D eigenvalue weighted by molar-refractivity contribution is 8.01. The molecule has 0 saturated carbocycles. The van der Waals surface area contributed by atoms with E-state index < -0.39 is 5.97 Å². The van der Waals surface area contributed by atoms with Gasteiger partial charge in [0.2, 0.25) is 5.76 Å². The molecular formula is C12H11NO3S2. The van der Waals surface area contributed by atoms with Gasteiger partial charge >= 0.3 is 5.97 Å². The zero-order valence-corrected chi connectivity index (χ0v) is 11.5. The summed E-state index contributed by atoms with van der Waals surface area (Å²) in [4.78, 5) is 13.0. The van der Waals surface area contributed by atoms with Gasteiger partial charge in [0.05, 0.1) is 0 Å². The van der Waals surface area contributed by atoms with Gasteiger partial charge in [-0.15, -0.1) is 23.5 Å². The Kier molecular flexibility index (Phi) is 3.98. The Morgan fingerprint density at radius 2 is 2.11 bits per heavy atom. The lowest BCUT2D eigenvalue weighted by Gasteiger charge is -2.08. The van der Waals surface area contributed by atoms with E-state index in [1.165, 1.54) is 6.07 Å². The van der Waals surface area contributed by atoms with Crippen LogP contribution in [0.4, 0.5) is 0 Å². The van der Waals surface area contributed by atoms with Crippen molar-refractivity contribution >= 4 is 29.5 Å². The molecule has 6 heteroatoms. The van der Waals surface area contributed by atoms with Crippen LogP contribution in [-0.4, -0.2) is 28.7 Å². The normalized spacial score (nSPS) is 10.6. The van der Waals surface area contributed by atoms with Gasteiger partial charge in [-0.3, -0.25) is 0 Å². The molecule has 0 unspecified atom stereocenters. The maximum Gasteiger partial charge on any atom is 0.374 e. The van der Waals surface area contributed by atoms with Crippen LogP contribution in [0.2, 0.25) is 0 Å². The average molecular weight is 281 g/mol. The third-order valence-corrected chi connectivity index (χ3v) is 4.16. The Labute approximate surface area is 113 Å². The summed E-state index contributed by atoms with van der Waals surface area (Å²) in [6.45, 7) is 0. The largest absolute Gasteiger partial charge is 0.475 e. The maximum atomic E-state index is 10.8. The summed E-state index contributed by atoms with van der Waals surface area (Å²) >= 11 is 3.26. The first-order valence-corrected chi connectivity index (χ1v) is 7.53. The predicted molar refractivity (Wildman–Crippen MR) is 72.5 cm³/mol. The van der Waals surface area contributed by atoms with Crippen molar-refractivity contribution in [2.45, 2.75) is 9.79 Å². The van der Waals surface area contributed by atoms with E-state index in [9.17, 15) is 4.79 Å². The van der Waals surface area contributed by atoms with E-state index in [-0.39, 0.29) is 5.76 Å². The standard InChI is InChI=1S/C12H11NO3S2/c1-17-10-5-3-4-7(11(10)18-2)8-6-9(12(14)15)16-13-8/h3-6H,1-2H3,(H,14,15). The molecule has 0 aliphatic rings. The lowest BCUT2D eigenvalue weighted by atomic mass is 10.1. The van der Waals surface area contributed by atoms with E-state index in [4.69, 9.17) is 9.63 Å². The van der Waals surface area contributed by atoms with Crippen molar-refractivity contribution in [3.63, 3.8) is 0 Å². The summed E-state index contributed by atoms with van der Waals surface area (Å²) in [6.07, 6.45) is 3.99. The first kappa shape index (κ1) is 13.0. The minimum absolute atomic E-state index is 0.147. The van der Waals surface area contributed by atoms with Gasteiger partial charge in [-0.2, -0.15) is 0 Å². The predicted octanol–water partition coefficient (Wildman–Crippen LogP) is 3.48. The van der Waals surface area contributed by atoms with Gasteiger partial charge in [0.15, 0.2) is 0 Å². The third-order valence-electron chi connectivity index (χ3n) is 2.40. The molecule has 0 atom stereocenters. The zero-order chi connectivity index (χ0) is 13.1. The molecule has 1 aromatic carbocycles. The quantitative estimate of drug-likeness (QED) is 0.866. The summed E-state index contributed by atoms with van der Waals surface area (Å²) < 4.78 is 4.79. The van der Waals surface area contributed by atoms with Crippen LogP contribution in [0.5, 0.6) is 0 Å². The number of carboxylic acid groups (broad SMARTS) is 1. The number of hydrogen-bond acceptors (Lipinski definition) is 5. The summed E-state index contributed by atoms with van der Waals surface area (Å²) in [5.41, 5.74) is 1.44. The van der Waals surface area contributed by atoms with Gasteiger partial charge in [0.1, 0.15) is 5.69 Å². The van der Waals surface area contributed by atoms with Crippen molar-refractivity contribution < 1.29 is 14.4 Å². The summed E-state index contributed by atoms with van der Waals surface area (Å²) in [5, 5.41) is 12.6. The van der Waals surface area contributed by atoms with Gasteiger partial charge in [-0.25, -0.2) is 4.79 Å². The SMILES string of the molecule is CSc1cccc(-c2cc(C(=O)O)on2)c1SC. The van der Waals surface area contributed by atoms with Crippen molar-refractivity contribution in [1.82, 2.24) is 5.16 Å². The number of aromatic nitrogens is 1. The monoisotopic (exact) mass is 281 g/mol. The van der Waals surface area contributed by atoms with E-state index in [1.54, 1.807) is 23.5 Å². The van der Waals surface area contributed by atoms with Crippen LogP contribution in [0, 0.1) is 0 Å². The molecule has 1 aromatic heterocycles. The first-order valence-electron chi connectivity index (χ1n) is 5.08. The van der Waals surface area contributed by atoms with Crippen LogP contribution in [0.15, 0.2) is 38.6 Å². The highest BCUT2D eigenvalue weighted by Crippen LogP contribution is 2.36. The number of benzene rings is 1. The summed E-state index contributed by atoms with van der Waals surface area (Å²) in [7, 11) is 0. The molecule has 2 aromatic rings. The second-order valence-corrected chi connectivity index (χ2v) is 5.09. The van der Waals surface area contributed by atoms with Crippen molar-refractivity contribution in [2.75, 3.05) is 12.5 Å². The molecule has 94 valence electrons. The van der Waals surface area contributed by atoms with Gasteiger partial charge in [-0.05, 0) is 18.6 Å². The van der Waals surface area contributed by atoms with Crippen molar-refractivity contribution in [2.24, 2.45) is 0 Å². The lowest BCUT2D eigenvalue weighted by Crippen LogP contribution is -1.91. The summed E-state index contributed by atoms with van der Waals surface area (Å²) in [6, 6.07) is 7.31. The molecule has 1 N–H and O–H groups in total. The number of thioether (sulfide) groups is 2. The molecule has 0 aliphatic heterocycles. The van der Waals surface area contributed by atoms with Crippen molar-refractivity contribution in [3.05, 3.63) is 30.0 Å². The third kappa shape index (κ3) is 2.39. The second kappa shape index (κ2) is 5.49. The van der Waals surface area contributed by atoms with Crippen LogP contribution in [0.25, 0.3) is 11.3 Å². The minimum Gasteiger partial charge on any atom is -0.475 e. The molecule has 0 fully saturated rings. The molecule has 1 heterocycles. The lowest BCUT2D eigenvalue weighted by molar-refractivity contribution is 0.0652. The number of carboxylic acids is 1. The Balaban J connectivity index is 2.52. The number of carbonyl (C=O) groups is 1. The first-order chi connectivity index (χ1) is 8.67. The van der Waals surface area contributed by atoms with E-state index in [1.807, 2.05) is 30.7 Å².